The van der Waals surface area contributed by atoms with Crippen LogP contribution in [-0.4, -0.2) is 4.98 Å². The van der Waals surface area contributed by atoms with E-state index in [0.717, 1.165) is 11.2 Å². The van der Waals surface area contributed by atoms with Crippen LogP contribution >= 0.6 is 11.3 Å². The van der Waals surface area contributed by atoms with Crippen LogP contribution in [0.5, 0.6) is 0 Å². The second kappa shape index (κ2) is 11.3. The average Bonchev–Trinajstić information content (AvgIpc) is 3.75. The Morgan fingerprint density at radius 1 is 0.386 bits per heavy atom. The van der Waals surface area contributed by atoms with Gasteiger partial charge in [-0.2, -0.15) is 0 Å². The van der Waals surface area contributed by atoms with Gasteiger partial charge in [-0.15, -0.1) is 11.3 Å². The highest BCUT2D eigenvalue weighted by atomic mass is 32.1. The van der Waals surface area contributed by atoms with E-state index in [1.165, 1.54) is 65.9 Å². The summed E-state index contributed by atoms with van der Waals surface area (Å²) in [5, 5.41) is 3.55. The zero-order valence-electron chi connectivity index (χ0n) is 24.1. The lowest BCUT2D eigenvalue weighted by molar-refractivity contribution is 1.45. The molecule has 2 heterocycles. The van der Waals surface area contributed by atoms with Crippen molar-refractivity contribution < 1.29 is 0 Å². The molecule has 1 N–H and O–H groups in total. The predicted molar refractivity (Wildman–Crippen MR) is 189 cm³/mol. The molecule has 0 bridgehead atoms. The molecule has 0 aliphatic heterocycles. The average molecular weight is 580 g/mol. The summed E-state index contributed by atoms with van der Waals surface area (Å²) in [7, 11) is 0. The summed E-state index contributed by atoms with van der Waals surface area (Å²) >= 11 is 1.81. The molecule has 0 amide bonds. The van der Waals surface area contributed by atoms with Crippen molar-refractivity contribution in [2.45, 2.75) is 0 Å². The number of H-pyrrole nitrogens is 1. The van der Waals surface area contributed by atoms with E-state index in [1.807, 2.05) is 11.3 Å². The second-order valence-electron chi connectivity index (χ2n) is 11.1. The van der Waals surface area contributed by atoms with Crippen LogP contribution in [0.3, 0.4) is 0 Å². The predicted octanol–water partition coefficient (Wildman–Crippen LogP) is 12.2. The first-order chi connectivity index (χ1) is 21.8. The highest BCUT2D eigenvalue weighted by Gasteiger charge is 2.20. The normalized spacial score (nSPS) is 11.2. The summed E-state index contributed by atoms with van der Waals surface area (Å²) in [5.41, 5.74) is 14.6. The molecule has 0 unspecified atom stereocenters. The van der Waals surface area contributed by atoms with Crippen LogP contribution < -0.4 is 0 Å². The van der Waals surface area contributed by atoms with Gasteiger partial charge in [-0.1, -0.05) is 152 Å². The van der Waals surface area contributed by atoms with E-state index in [2.05, 4.69) is 174 Å². The standard InChI is InChI=1S/C42H29NS/c1-4-11-29(12-5-1)31-19-21-33(22-20-31)36-27-39(44-28-36)41-40-37(34-25-23-32(24-26-34)30-13-6-2-7-14-30)17-10-18-38(40)43-42(41)35-15-8-3-9-16-35/h1-28,43H. The third-order valence-electron chi connectivity index (χ3n) is 8.36. The van der Waals surface area contributed by atoms with Crippen LogP contribution in [-0.2, 0) is 0 Å². The topological polar surface area (TPSA) is 15.8 Å². The van der Waals surface area contributed by atoms with E-state index in [-0.39, 0.29) is 0 Å². The molecule has 1 nitrogen and oxygen atoms in total. The van der Waals surface area contributed by atoms with Crippen LogP contribution in [0.25, 0.3) is 77.1 Å². The highest BCUT2D eigenvalue weighted by Crippen LogP contribution is 2.46. The first kappa shape index (κ1) is 26.2. The molecule has 0 fully saturated rings. The maximum Gasteiger partial charge on any atom is 0.0553 e. The largest absolute Gasteiger partial charge is 0.354 e. The maximum atomic E-state index is 3.81. The van der Waals surface area contributed by atoms with E-state index < -0.39 is 0 Å². The van der Waals surface area contributed by atoms with E-state index in [4.69, 9.17) is 0 Å². The molecule has 8 rings (SSSR count). The summed E-state index contributed by atoms with van der Waals surface area (Å²) in [6.45, 7) is 0. The Hall–Kier alpha value is -5.44. The van der Waals surface area contributed by atoms with E-state index in [0.29, 0.717) is 0 Å². The fourth-order valence-electron chi connectivity index (χ4n) is 6.13. The van der Waals surface area contributed by atoms with E-state index in [1.54, 1.807) is 0 Å². The number of aromatic amines is 1. The maximum absolute atomic E-state index is 3.81. The van der Waals surface area contributed by atoms with Gasteiger partial charge in [0.25, 0.3) is 0 Å². The van der Waals surface area contributed by atoms with Crippen LogP contribution in [0.15, 0.2) is 169 Å². The van der Waals surface area contributed by atoms with Crippen molar-refractivity contribution in [1.29, 1.82) is 0 Å². The first-order valence-corrected chi connectivity index (χ1v) is 15.8. The molecular weight excluding hydrogens is 551 g/mol. The van der Waals surface area contributed by atoms with E-state index >= 15 is 0 Å². The number of thiophene rings is 1. The van der Waals surface area contributed by atoms with Crippen LogP contribution in [0.2, 0.25) is 0 Å². The van der Waals surface area contributed by atoms with Gasteiger partial charge in [-0.05, 0) is 67.6 Å². The molecule has 0 saturated carbocycles. The Morgan fingerprint density at radius 3 is 1.43 bits per heavy atom. The quantitative estimate of drug-likeness (QED) is 0.202. The zero-order chi connectivity index (χ0) is 29.3. The molecule has 6 aromatic carbocycles. The highest BCUT2D eigenvalue weighted by molar-refractivity contribution is 7.14. The number of benzene rings is 6. The minimum absolute atomic E-state index is 1.14. The molecule has 2 aromatic heterocycles. The van der Waals surface area contributed by atoms with Gasteiger partial charge in [0.2, 0.25) is 0 Å². The lowest BCUT2D eigenvalue weighted by Gasteiger charge is -2.09. The summed E-state index contributed by atoms with van der Waals surface area (Å²) in [5.74, 6) is 0. The van der Waals surface area contributed by atoms with Gasteiger partial charge in [0.15, 0.2) is 0 Å². The molecule has 8 aromatic rings. The van der Waals surface area contributed by atoms with Gasteiger partial charge < -0.3 is 4.98 Å². The van der Waals surface area contributed by atoms with E-state index in [9.17, 15) is 0 Å². The molecule has 0 spiro atoms. The molecular formula is C42H29NS. The Bertz CT molecular complexity index is 2170. The number of nitrogens with one attached hydrogen (secondary N) is 1. The SMILES string of the molecule is c1ccc(-c2ccc(-c3csc(-c4c(-c5ccccc5)[nH]c5cccc(-c6ccc(-c7ccccc7)cc6)c45)c3)cc2)cc1. The number of hydrogen-bond donors (Lipinski definition) is 1. The summed E-state index contributed by atoms with van der Waals surface area (Å²) in [6.07, 6.45) is 0. The first-order valence-electron chi connectivity index (χ1n) is 14.9. The van der Waals surface area contributed by atoms with Gasteiger partial charge in [-0.25, -0.2) is 0 Å². The fraction of sp³-hybridized carbons (Fsp3) is 0. The fourth-order valence-corrected chi connectivity index (χ4v) is 7.11. The van der Waals surface area contributed by atoms with Crippen LogP contribution in [0.1, 0.15) is 0 Å². The lowest BCUT2D eigenvalue weighted by atomic mass is 9.94. The van der Waals surface area contributed by atoms with Crippen LogP contribution in [0, 0.1) is 0 Å². The Labute approximate surface area is 261 Å². The van der Waals surface area contributed by atoms with Crippen molar-refractivity contribution in [3.05, 3.63) is 169 Å². The number of hydrogen-bond acceptors (Lipinski definition) is 1. The Morgan fingerprint density at radius 2 is 0.864 bits per heavy atom. The lowest BCUT2D eigenvalue weighted by Crippen LogP contribution is -1.84. The van der Waals surface area contributed by atoms with Crippen molar-refractivity contribution in [1.82, 2.24) is 4.98 Å². The third-order valence-corrected chi connectivity index (χ3v) is 9.31. The zero-order valence-corrected chi connectivity index (χ0v) is 24.9. The summed E-state index contributed by atoms with van der Waals surface area (Å²) in [6, 6.07) is 58.7. The van der Waals surface area contributed by atoms with Gasteiger partial charge in [0.05, 0.1) is 5.69 Å². The number of rotatable bonds is 6. The van der Waals surface area contributed by atoms with Gasteiger partial charge in [0.1, 0.15) is 0 Å². The molecule has 208 valence electrons. The summed E-state index contributed by atoms with van der Waals surface area (Å²) < 4.78 is 0. The van der Waals surface area contributed by atoms with Gasteiger partial charge in [0, 0.05) is 21.3 Å². The molecule has 2 heteroatoms. The van der Waals surface area contributed by atoms with Crippen molar-refractivity contribution in [3.8, 4) is 66.2 Å². The van der Waals surface area contributed by atoms with Gasteiger partial charge in [-0.3, -0.25) is 0 Å². The molecule has 0 aliphatic carbocycles. The third kappa shape index (κ3) is 4.86. The number of fused-ring (bicyclic) bond motifs is 1. The molecule has 44 heavy (non-hydrogen) atoms. The summed E-state index contributed by atoms with van der Waals surface area (Å²) in [4.78, 5) is 5.06. The number of aromatic nitrogens is 1. The smallest absolute Gasteiger partial charge is 0.0553 e. The van der Waals surface area contributed by atoms with Crippen LogP contribution in [0.4, 0.5) is 0 Å². The molecule has 0 radical (unpaired) electrons. The Balaban J connectivity index is 1.25. The molecule has 0 atom stereocenters. The second-order valence-corrected chi connectivity index (χ2v) is 12.0. The minimum atomic E-state index is 1.14. The monoisotopic (exact) mass is 579 g/mol. The van der Waals surface area contributed by atoms with Gasteiger partial charge >= 0.3 is 0 Å². The Kier molecular flexibility index (Phi) is 6.75. The minimum Gasteiger partial charge on any atom is -0.354 e. The molecule has 0 saturated heterocycles. The molecule has 0 aliphatic rings. The van der Waals surface area contributed by atoms with Crippen molar-refractivity contribution >= 4 is 22.2 Å². The van der Waals surface area contributed by atoms with Crippen molar-refractivity contribution in [2.75, 3.05) is 0 Å². The van der Waals surface area contributed by atoms with Crippen molar-refractivity contribution in [3.63, 3.8) is 0 Å². The van der Waals surface area contributed by atoms with Crippen molar-refractivity contribution in [2.24, 2.45) is 0 Å².